The fourth-order valence-corrected chi connectivity index (χ4v) is 4.80. The van der Waals surface area contributed by atoms with E-state index in [1.165, 1.54) is 0 Å². The van der Waals surface area contributed by atoms with Gasteiger partial charge in [-0.15, -0.1) is 0 Å². The van der Waals surface area contributed by atoms with E-state index in [9.17, 15) is 19.5 Å². The van der Waals surface area contributed by atoms with Gasteiger partial charge in [-0.1, -0.05) is 29.8 Å². The number of hydrogen-bond acceptors (Lipinski definition) is 6. The number of nitrogens with one attached hydrogen (secondary N) is 1. The summed E-state index contributed by atoms with van der Waals surface area (Å²) in [5.74, 6) is -0.730. The third-order valence-electron chi connectivity index (χ3n) is 6.84. The van der Waals surface area contributed by atoms with Crippen molar-refractivity contribution in [3.05, 3.63) is 76.4 Å². The summed E-state index contributed by atoms with van der Waals surface area (Å²) < 4.78 is 7.52. The number of ketones is 1. The van der Waals surface area contributed by atoms with E-state index < -0.39 is 18.6 Å². The molecule has 0 aliphatic heterocycles. The number of aliphatic hydroxyl groups is 2. The SMILES string of the molecule is NC(=O)c1cc2cc(Cl)ccc2cc1OCC(=O)c1cn(CC(=O)NCC(O)CO)c2cc(C3CC3)ccc12. The molecule has 0 radical (unpaired) electrons. The molecule has 1 unspecified atom stereocenters. The molecular weight excluding hydrogens is 522 g/mol. The molecule has 3 aromatic carbocycles. The Kier molecular flexibility index (Phi) is 7.56. The Balaban J connectivity index is 1.41. The van der Waals surface area contributed by atoms with Crippen molar-refractivity contribution in [2.24, 2.45) is 5.73 Å². The summed E-state index contributed by atoms with van der Waals surface area (Å²) in [5.41, 5.74) is 7.97. The number of Topliss-reactive ketones (excluding diaryl/α,β-unsaturated/α-hetero) is 1. The summed E-state index contributed by atoms with van der Waals surface area (Å²) in [6.45, 7) is -0.964. The van der Waals surface area contributed by atoms with Crippen LogP contribution in [0, 0.1) is 0 Å². The molecule has 1 aromatic heterocycles. The number of primary amides is 1. The summed E-state index contributed by atoms with van der Waals surface area (Å²) in [7, 11) is 0. The van der Waals surface area contributed by atoms with E-state index in [1.54, 1.807) is 41.1 Å². The molecule has 5 rings (SSSR count). The Bertz CT molecular complexity index is 1590. The van der Waals surface area contributed by atoms with Gasteiger partial charge in [0.15, 0.2) is 6.61 Å². The second-order valence-corrected chi connectivity index (χ2v) is 10.2. The Labute approximate surface area is 229 Å². The highest BCUT2D eigenvalue weighted by molar-refractivity contribution is 6.31. The summed E-state index contributed by atoms with van der Waals surface area (Å²) in [4.78, 5) is 38.0. The van der Waals surface area contributed by atoms with Gasteiger partial charge in [-0.25, -0.2) is 0 Å². The number of carbonyl (C=O) groups is 3. The molecule has 1 aliphatic rings. The Hall–Kier alpha value is -3.92. The van der Waals surface area contributed by atoms with Gasteiger partial charge in [0.05, 0.1) is 18.3 Å². The van der Waals surface area contributed by atoms with Crippen molar-refractivity contribution < 1.29 is 29.3 Å². The number of hydrogen-bond donors (Lipinski definition) is 4. The molecule has 39 heavy (non-hydrogen) atoms. The van der Waals surface area contributed by atoms with Crippen LogP contribution in [0.5, 0.6) is 5.75 Å². The highest BCUT2D eigenvalue weighted by Gasteiger charge is 2.25. The van der Waals surface area contributed by atoms with Crippen LogP contribution in [-0.4, -0.2) is 58.2 Å². The standard InChI is InChI=1S/C29H28ClN3O6/c30-20-5-3-18-10-27(23(29(31)38)8-19(18)7-20)39-15-26(36)24-12-33(13-28(37)32-11-21(35)14-34)25-9-17(16-1-2-16)4-6-22(24)25/h3-10,12,16,21,34-35H,1-2,11,13-15H2,(H2,31,38)(H,32,37). The van der Waals surface area contributed by atoms with E-state index in [0.29, 0.717) is 27.3 Å². The monoisotopic (exact) mass is 549 g/mol. The van der Waals surface area contributed by atoms with E-state index in [-0.39, 0.29) is 42.7 Å². The molecule has 202 valence electrons. The molecule has 0 saturated heterocycles. The number of halogens is 1. The largest absolute Gasteiger partial charge is 0.485 e. The second-order valence-electron chi connectivity index (χ2n) is 9.78. The molecule has 1 aliphatic carbocycles. The van der Waals surface area contributed by atoms with Crippen LogP contribution in [0.4, 0.5) is 0 Å². The maximum Gasteiger partial charge on any atom is 0.252 e. The second kappa shape index (κ2) is 11.1. The topological polar surface area (TPSA) is 144 Å². The summed E-state index contributed by atoms with van der Waals surface area (Å²) in [6, 6.07) is 14.3. The third-order valence-corrected chi connectivity index (χ3v) is 7.08. The molecule has 1 saturated carbocycles. The minimum absolute atomic E-state index is 0.0734. The zero-order chi connectivity index (χ0) is 27.7. The van der Waals surface area contributed by atoms with Gasteiger partial charge in [-0.05, 0) is 65.4 Å². The average Bonchev–Trinajstić information content (AvgIpc) is 3.72. The number of fused-ring (bicyclic) bond motifs is 2. The van der Waals surface area contributed by atoms with Crippen molar-refractivity contribution in [3.63, 3.8) is 0 Å². The highest BCUT2D eigenvalue weighted by atomic mass is 35.5. The van der Waals surface area contributed by atoms with Gasteiger partial charge in [-0.2, -0.15) is 0 Å². The van der Waals surface area contributed by atoms with Crippen molar-refractivity contribution in [2.45, 2.75) is 31.4 Å². The number of aromatic nitrogens is 1. The van der Waals surface area contributed by atoms with Crippen LogP contribution in [0.25, 0.3) is 21.7 Å². The summed E-state index contributed by atoms with van der Waals surface area (Å²) in [5, 5.41) is 23.8. The molecule has 5 N–H and O–H groups in total. The van der Waals surface area contributed by atoms with Crippen molar-refractivity contribution in [1.29, 1.82) is 0 Å². The van der Waals surface area contributed by atoms with Crippen molar-refractivity contribution in [2.75, 3.05) is 19.8 Å². The van der Waals surface area contributed by atoms with Gasteiger partial charge in [0.2, 0.25) is 11.7 Å². The van der Waals surface area contributed by atoms with Gasteiger partial charge in [0.25, 0.3) is 5.91 Å². The minimum atomic E-state index is -1.05. The van der Waals surface area contributed by atoms with Crippen molar-refractivity contribution in [1.82, 2.24) is 9.88 Å². The first kappa shape index (κ1) is 26.7. The Morgan fingerprint density at radius 3 is 2.59 bits per heavy atom. The molecule has 2 amide bonds. The van der Waals surface area contributed by atoms with Crippen molar-refractivity contribution >= 4 is 50.9 Å². The van der Waals surface area contributed by atoms with Gasteiger partial charge in [0.1, 0.15) is 12.3 Å². The lowest BCUT2D eigenvalue weighted by Crippen LogP contribution is -2.35. The number of ether oxygens (including phenoxy) is 1. The predicted octanol–water partition coefficient (Wildman–Crippen LogP) is 3.16. The quantitative estimate of drug-likeness (QED) is 0.212. The lowest BCUT2D eigenvalue weighted by molar-refractivity contribution is -0.122. The first-order chi connectivity index (χ1) is 18.7. The zero-order valence-corrected chi connectivity index (χ0v) is 21.8. The smallest absolute Gasteiger partial charge is 0.252 e. The summed E-state index contributed by atoms with van der Waals surface area (Å²) >= 11 is 6.07. The number of nitrogens with two attached hydrogens (primary N) is 1. The molecule has 9 nitrogen and oxygen atoms in total. The third kappa shape index (κ3) is 5.90. The van der Waals surface area contributed by atoms with E-state index >= 15 is 0 Å². The molecule has 4 aromatic rings. The van der Waals surface area contributed by atoms with Gasteiger partial charge in [0, 0.05) is 34.2 Å². The fourth-order valence-electron chi connectivity index (χ4n) is 4.62. The average molecular weight is 550 g/mol. The first-order valence-corrected chi connectivity index (χ1v) is 13.0. The van der Waals surface area contributed by atoms with E-state index in [0.717, 1.165) is 29.3 Å². The Morgan fingerprint density at radius 1 is 1.08 bits per heavy atom. The number of carbonyl (C=O) groups excluding carboxylic acids is 3. The molecule has 0 bridgehead atoms. The van der Waals surface area contributed by atoms with E-state index in [1.807, 2.05) is 18.2 Å². The van der Waals surface area contributed by atoms with Crippen LogP contribution < -0.4 is 15.8 Å². The number of benzene rings is 3. The van der Waals surface area contributed by atoms with Crippen LogP contribution in [0.3, 0.4) is 0 Å². The zero-order valence-electron chi connectivity index (χ0n) is 21.0. The summed E-state index contributed by atoms with van der Waals surface area (Å²) in [6.07, 6.45) is 2.77. The number of rotatable bonds is 11. The molecule has 1 atom stereocenters. The predicted molar refractivity (Wildman–Crippen MR) is 147 cm³/mol. The van der Waals surface area contributed by atoms with Crippen LogP contribution >= 0.6 is 11.6 Å². The highest BCUT2D eigenvalue weighted by Crippen LogP contribution is 2.41. The molecule has 1 fully saturated rings. The molecular formula is C29H28ClN3O6. The minimum Gasteiger partial charge on any atom is -0.485 e. The van der Waals surface area contributed by atoms with Gasteiger partial charge < -0.3 is 30.6 Å². The maximum atomic E-state index is 13.4. The van der Waals surface area contributed by atoms with E-state index in [4.69, 9.17) is 27.2 Å². The Morgan fingerprint density at radius 2 is 1.87 bits per heavy atom. The molecule has 0 spiro atoms. The van der Waals surface area contributed by atoms with Crippen LogP contribution in [0.1, 0.15) is 45.0 Å². The first-order valence-electron chi connectivity index (χ1n) is 12.6. The number of amides is 2. The van der Waals surface area contributed by atoms with Gasteiger partial charge in [-0.3, -0.25) is 14.4 Å². The number of nitrogens with zero attached hydrogens (tertiary/aromatic N) is 1. The molecule has 1 heterocycles. The maximum absolute atomic E-state index is 13.4. The fraction of sp³-hybridized carbons (Fsp3) is 0.276. The van der Waals surface area contributed by atoms with Crippen molar-refractivity contribution in [3.8, 4) is 5.75 Å². The normalized spacial score (nSPS) is 13.9. The lowest BCUT2D eigenvalue weighted by Gasteiger charge is -2.11. The van der Waals surface area contributed by atoms with Crippen LogP contribution in [0.2, 0.25) is 5.02 Å². The van der Waals surface area contributed by atoms with E-state index in [2.05, 4.69) is 5.32 Å². The van der Waals surface area contributed by atoms with Crippen LogP contribution in [0.15, 0.2) is 54.7 Å². The van der Waals surface area contributed by atoms with Crippen LogP contribution in [-0.2, 0) is 11.3 Å². The molecule has 10 heteroatoms. The number of aliphatic hydroxyl groups excluding tert-OH is 2. The van der Waals surface area contributed by atoms with Gasteiger partial charge >= 0.3 is 0 Å². The lowest BCUT2D eigenvalue weighted by atomic mass is 10.0.